The van der Waals surface area contributed by atoms with Gasteiger partial charge in [-0.25, -0.2) is 0 Å². The second kappa shape index (κ2) is 9.61. The standard InChI is InChI=1S/C17H12N2O4S5/c20-18(21)13-5-1-11(2-6-13)9-25-15-16(28-17(24)27-15)26-10-12-3-7-14(8-4-12)19(22)23/h1-8H,9-10H2. The Morgan fingerprint density at radius 2 is 1.11 bits per heavy atom. The molecule has 0 bridgehead atoms. The van der Waals surface area contributed by atoms with E-state index in [1.807, 2.05) is 0 Å². The van der Waals surface area contributed by atoms with E-state index < -0.39 is 9.85 Å². The van der Waals surface area contributed by atoms with Crippen LogP contribution >= 0.6 is 58.4 Å². The highest BCUT2D eigenvalue weighted by molar-refractivity contribution is 8.04. The number of hydrogen-bond donors (Lipinski definition) is 0. The van der Waals surface area contributed by atoms with Gasteiger partial charge in [0.25, 0.3) is 11.4 Å². The van der Waals surface area contributed by atoms with Gasteiger partial charge in [0.05, 0.1) is 18.3 Å². The average molecular weight is 469 g/mol. The Morgan fingerprint density at radius 1 is 0.750 bits per heavy atom. The summed E-state index contributed by atoms with van der Waals surface area (Å²) < 4.78 is 3.10. The van der Waals surface area contributed by atoms with Crippen LogP contribution in [0.4, 0.5) is 11.4 Å². The van der Waals surface area contributed by atoms with Gasteiger partial charge >= 0.3 is 0 Å². The minimum Gasteiger partial charge on any atom is -0.258 e. The number of non-ortho nitro benzene ring substituents is 2. The van der Waals surface area contributed by atoms with E-state index in [1.54, 1.807) is 70.5 Å². The highest BCUT2D eigenvalue weighted by atomic mass is 32.2. The van der Waals surface area contributed by atoms with Gasteiger partial charge in [-0.15, -0.1) is 46.2 Å². The lowest BCUT2D eigenvalue weighted by Gasteiger charge is -2.04. The summed E-state index contributed by atoms with van der Waals surface area (Å²) in [6.45, 7) is 0. The minimum absolute atomic E-state index is 0.0827. The zero-order valence-corrected chi connectivity index (χ0v) is 18.2. The maximum atomic E-state index is 10.7. The Bertz CT molecular complexity index is 963. The van der Waals surface area contributed by atoms with E-state index in [4.69, 9.17) is 12.2 Å². The van der Waals surface area contributed by atoms with Crippen molar-refractivity contribution in [3.63, 3.8) is 0 Å². The third kappa shape index (κ3) is 5.61. The minimum atomic E-state index is -0.408. The largest absolute Gasteiger partial charge is 0.269 e. The fourth-order valence-electron chi connectivity index (χ4n) is 2.16. The summed E-state index contributed by atoms with van der Waals surface area (Å²) in [7, 11) is 0. The first-order valence-corrected chi connectivity index (χ1v) is 11.8. The van der Waals surface area contributed by atoms with Crippen molar-refractivity contribution >= 4 is 69.8 Å². The molecule has 0 amide bonds. The van der Waals surface area contributed by atoms with E-state index in [-0.39, 0.29) is 11.4 Å². The molecule has 6 nitrogen and oxygen atoms in total. The summed E-state index contributed by atoms with van der Waals surface area (Å²) in [5, 5.41) is 21.5. The maximum absolute atomic E-state index is 10.7. The zero-order chi connectivity index (χ0) is 20.1. The van der Waals surface area contributed by atoms with E-state index >= 15 is 0 Å². The molecule has 0 aliphatic carbocycles. The molecule has 0 radical (unpaired) electrons. The van der Waals surface area contributed by atoms with Gasteiger partial charge in [-0.3, -0.25) is 20.2 Å². The van der Waals surface area contributed by atoms with Crippen molar-refractivity contribution in [1.29, 1.82) is 0 Å². The Morgan fingerprint density at radius 3 is 1.43 bits per heavy atom. The summed E-state index contributed by atoms with van der Waals surface area (Å²) in [5.74, 6) is 1.40. The first kappa shape index (κ1) is 20.9. The average Bonchev–Trinajstić information content (AvgIpc) is 3.05. The Labute approximate surface area is 181 Å². The molecule has 0 N–H and O–H groups in total. The lowest BCUT2D eigenvalue weighted by Crippen LogP contribution is -1.88. The van der Waals surface area contributed by atoms with Crippen LogP contribution in [0.2, 0.25) is 0 Å². The molecule has 2 aromatic carbocycles. The van der Waals surface area contributed by atoms with Crippen LogP contribution < -0.4 is 0 Å². The molecule has 3 rings (SSSR count). The zero-order valence-electron chi connectivity index (χ0n) is 14.1. The summed E-state index contributed by atoms with van der Waals surface area (Å²) in [6, 6.07) is 13.1. The smallest absolute Gasteiger partial charge is 0.258 e. The van der Waals surface area contributed by atoms with Crippen LogP contribution in [0.3, 0.4) is 0 Å². The lowest BCUT2D eigenvalue weighted by molar-refractivity contribution is -0.385. The van der Waals surface area contributed by atoms with E-state index in [1.165, 1.54) is 24.3 Å². The molecule has 0 aliphatic rings. The molecule has 3 aromatic rings. The van der Waals surface area contributed by atoms with Crippen LogP contribution in [0.1, 0.15) is 11.1 Å². The third-order valence-corrected chi connectivity index (χ3v) is 9.28. The lowest BCUT2D eigenvalue weighted by atomic mass is 10.2. The van der Waals surface area contributed by atoms with Gasteiger partial charge in [-0.1, -0.05) is 36.5 Å². The van der Waals surface area contributed by atoms with Crippen LogP contribution in [-0.2, 0) is 11.5 Å². The summed E-state index contributed by atoms with van der Waals surface area (Å²) in [4.78, 5) is 20.7. The van der Waals surface area contributed by atoms with E-state index in [0.717, 1.165) is 22.7 Å². The van der Waals surface area contributed by atoms with Crippen molar-refractivity contribution in [3.8, 4) is 0 Å². The second-order valence-electron chi connectivity index (χ2n) is 5.45. The molecule has 0 atom stereocenters. The van der Waals surface area contributed by atoms with Gasteiger partial charge in [0.15, 0.2) is 0 Å². The fourth-order valence-corrected chi connectivity index (χ4v) is 8.18. The predicted octanol–water partition coefficient (Wildman–Crippen LogP) is 6.94. The molecule has 0 saturated carbocycles. The van der Waals surface area contributed by atoms with Crippen LogP contribution in [0.15, 0.2) is 56.9 Å². The summed E-state index contributed by atoms with van der Waals surface area (Å²) >= 11 is 11.8. The van der Waals surface area contributed by atoms with Crippen LogP contribution in [0.5, 0.6) is 0 Å². The van der Waals surface area contributed by atoms with Crippen molar-refractivity contribution in [2.24, 2.45) is 0 Å². The highest BCUT2D eigenvalue weighted by Crippen LogP contribution is 2.43. The molecule has 0 spiro atoms. The third-order valence-electron chi connectivity index (χ3n) is 3.55. The van der Waals surface area contributed by atoms with Crippen molar-refractivity contribution in [2.75, 3.05) is 0 Å². The van der Waals surface area contributed by atoms with E-state index in [2.05, 4.69) is 0 Å². The Hall–Kier alpha value is -1.79. The van der Waals surface area contributed by atoms with Gasteiger partial charge in [-0.05, 0) is 11.1 Å². The molecule has 0 saturated heterocycles. The molecule has 11 heteroatoms. The number of nitrogens with zero attached hydrogens (tertiary/aromatic N) is 2. The normalized spacial score (nSPS) is 10.7. The fraction of sp³-hybridized carbons (Fsp3) is 0.118. The van der Waals surface area contributed by atoms with Crippen LogP contribution in [0, 0.1) is 23.4 Å². The SMILES string of the molecule is O=[N+]([O-])c1ccc(CSc2sc(=S)sc2SCc2ccc([N+](=O)[O-])cc2)cc1. The van der Waals surface area contributed by atoms with Gasteiger partial charge in [0, 0.05) is 35.8 Å². The monoisotopic (exact) mass is 468 g/mol. The number of nitro benzene ring substituents is 2. The molecule has 1 aromatic heterocycles. The van der Waals surface area contributed by atoms with E-state index in [9.17, 15) is 20.2 Å². The van der Waals surface area contributed by atoms with E-state index in [0.29, 0.717) is 11.5 Å². The molecule has 0 fully saturated rings. The van der Waals surface area contributed by atoms with Crippen molar-refractivity contribution in [2.45, 2.75) is 19.9 Å². The predicted molar refractivity (Wildman–Crippen MR) is 118 cm³/mol. The van der Waals surface area contributed by atoms with Crippen molar-refractivity contribution in [1.82, 2.24) is 0 Å². The molecule has 0 unspecified atom stereocenters. The summed E-state index contributed by atoms with van der Waals surface area (Å²) in [6.07, 6.45) is 0. The second-order valence-corrected chi connectivity index (χ2v) is 11.2. The Balaban J connectivity index is 1.63. The first-order valence-electron chi connectivity index (χ1n) is 7.78. The number of nitro groups is 2. The van der Waals surface area contributed by atoms with Gasteiger partial charge < -0.3 is 0 Å². The molecule has 0 aliphatic heterocycles. The Kier molecular flexibility index (Phi) is 7.18. The van der Waals surface area contributed by atoms with Crippen LogP contribution in [-0.4, -0.2) is 9.85 Å². The number of rotatable bonds is 8. The number of benzene rings is 2. The molecule has 1 heterocycles. The number of thioether (sulfide) groups is 2. The van der Waals surface area contributed by atoms with Gasteiger partial charge in [-0.2, -0.15) is 0 Å². The summed E-state index contributed by atoms with van der Waals surface area (Å²) in [5.41, 5.74) is 2.18. The number of hydrogen-bond acceptors (Lipinski definition) is 9. The first-order chi connectivity index (χ1) is 13.4. The van der Waals surface area contributed by atoms with Crippen molar-refractivity contribution in [3.05, 3.63) is 83.0 Å². The van der Waals surface area contributed by atoms with Gasteiger partial charge in [0.2, 0.25) is 0 Å². The topological polar surface area (TPSA) is 86.3 Å². The molecular weight excluding hydrogens is 457 g/mol. The maximum Gasteiger partial charge on any atom is 0.269 e. The molecule has 144 valence electrons. The molecular formula is C17H12N2O4S5. The highest BCUT2D eigenvalue weighted by Gasteiger charge is 2.11. The van der Waals surface area contributed by atoms with Gasteiger partial charge in [0.1, 0.15) is 3.14 Å². The quantitative estimate of drug-likeness (QED) is 0.153. The van der Waals surface area contributed by atoms with Crippen LogP contribution in [0.25, 0.3) is 0 Å². The molecule has 28 heavy (non-hydrogen) atoms. The van der Waals surface area contributed by atoms with Crippen molar-refractivity contribution < 1.29 is 9.85 Å².